The fourth-order valence-electron chi connectivity index (χ4n) is 1.63. The summed E-state index contributed by atoms with van der Waals surface area (Å²) in [6, 6.07) is 8.14. The second kappa shape index (κ2) is 6.77. The average molecular weight is 255 g/mol. The van der Waals surface area contributed by atoms with E-state index >= 15 is 0 Å². The van der Waals surface area contributed by atoms with Crippen molar-refractivity contribution in [2.24, 2.45) is 0 Å². The number of hydrogen-bond donors (Lipinski definition) is 1. The van der Waals surface area contributed by atoms with Gasteiger partial charge in [0.2, 0.25) is 10.0 Å². The van der Waals surface area contributed by atoms with Gasteiger partial charge in [-0.15, -0.1) is 0 Å². The molecule has 0 amide bonds. The molecule has 0 aliphatic heterocycles. The first kappa shape index (κ1) is 14.2. The number of unbranched alkanes of at least 4 members (excludes halogenated alkanes) is 1. The van der Waals surface area contributed by atoms with Crippen molar-refractivity contribution in [2.45, 2.75) is 33.1 Å². The number of rotatable bonds is 7. The molecule has 0 heterocycles. The highest BCUT2D eigenvalue weighted by Gasteiger charge is 2.07. The molecule has 96 valence electrons. The van der Waals surface area contributed by atoms with Gasteiger partial charge >= 0.3 is 0 Å². The molecule has 1 N–H and O–H groups in total. The number of nitrogens with one attached hydrogen (secondary N) is 1. The highest BCUT2D eigenvalue weighted by Crippen LogP contribution is 2.04. The van der Waals surface area contributed by atoms with Crippen LogP contribution in [-0.4, -0.2) is 20.7 Å². The van der Waals surface area contributed by atoms with Crippen LogP contribution < -0.4 is 4.72 Å². The molecule has 1 aromatic rings. The van der Waals surface area contributed by atoms with Gasteiger partial charge in [0.15, 0.2) is 0 Å². The smallest absolute Gasteiger partial charge is 0.211 e. The van der Waals surface area contributed by atoms with Crippen molar-refractivity contribution < 1.29 is 8.42 Å². The van der Waals surface area contributed by atoms with E-state index in [-0.39, 0.29) is 5.75 Å². The Morgan fingerprint density at radius 2 is 2.06 bits per heavy atom. The summed E-state index contributed by atoms with van der Waals surface area (Å²) in [7, 11) is -3.07. The van der Waals surface area contributed by atoms with E-state index in [1.807, 2.05) is 32.0 Å². The Bertz CT molecular complexity index is 440. The van der Waals surface area contributed by atoms with Crippen LogP contribution in [0.25, 0.3) is 0 Å². The predicted molar refractivity (Wildman–Crippen MR) is 71.6 cm³/mol. The second-order valence-electron chi connectivity index (χ2n) is 4.31. The van der Waals surface area contributed by atoms with E-state index in [4.69, 9.17) is 0 Å². The summed E-state index contributed by atoms with van der Waals surface area (Å²) in [5, 5.41) is 0. The van der Waals surface area contributed by atoms with Crippen molar-refractivity contribution in [2.75, 3.05) is 12.3 Å². The quantitative estimate of drug-likeness (QED) is 0.812. The molecular weight excluding hydrogens is 234 g/mol. The first-order valence-electron chi connectivity index (χ1n) is 6.06. The van der Waals surface area contributed by atoms with E-state index in [1.165, 1.54) is 11.1 Å². The zero-order valence-corrected chi connectivity index (χ0v) is 11.4. The Morgan fingerprint density at radius 3 is 2.71 bits per heavy atom. The molecule has 1 aromatic carbocycles. The Hall–Kier alpha value is -0.870. The molecular formula is C13H21NO2S. The molecule has 3 nitrogen and oxygen atoms in total. The summed E-state index contributed by atoms with van der Waals surface area (Å²) in [6.45, 7) is 4.51. The summed E-state index contributed by atoms with van der Waals surface area (Å²) in [5.74, 6) is 0.233. The predicted octanol–water partition coefficient (Wildman–Crippen LogP) is 2.26. The number of sulfonamides is 1. The van der Waals surface area contributed by atoms with E-state index in [2.05, 4.69) is 10.8 Å². The summed E-state index contributed by atoms with van der Waals surface area (Å²) in [6.07, 6.45) is 2.37. The highest BCUT2D eigenvalue weighted by molar-refractivity contribution is 7.89. The van der Waals surface area contributed by atoms with Gasteiger partial charge in [-0.3, -0.25) is 0 Å². The van der Waals surface area contributed by atoms with Gasteiger partial charge in [0.1, 0.15) is 0 Å². The van der Waals surface area contributed by atoms with Gasteiger partial charge in [0, 0.05) is 6.54 Å². The lowest BCUT2D eigenvalue weighted by molar-refractivity contribution is 0.578. The topological polar surface area (TPSA) is 46.2 Å². The molecule has 0 atom stereocenters. The third kappa shape index (κ3) is 5.84. The minimum Gasteiger partial charge on any atom is -0.215 e. The fraction of sp³-hybridized carbons (Fsp3) is 0.538. The molecule has 0 radical (unpaired) electrons. The molecule has 0 spiro atoms. The van der Waals surface area contributed by atoms with Crippen molar-refractivity contribution in [1.82, 2.24) is 4.72 Å². The molecule has 0 aromatic heterocycles. The third-order valence-electron chi connectivity index (χ3n) is 2.58. The minimum atomic E-state index is -3.07. The van der Waals surface area contributed by atoms with Gasteiger partial charge in [0.25, 0.3) is 0 Å². The van der Waals surface area contributed by atoms with Gasteiger partial charge in [-0.1, -0.05) is 43.2 Å². The second-order valence-corrected chi connectivity index (χ2v) is 6.23. The molecule has 17 heavy (non-hydrogen) atoms. The molecule has 0 saturated carbocycles. The normalized spacial score (nSPS) is 11.6. The van der Waals surface area contributed by atoms with Crippen LogP contribution in [0.4, 0.5) is 0 Å². The van der Waals surface area contributed by atoms with Crippen molar-refractivity contribution >= 4 is 10.0 Å². The van der Waals surface area contributed by atoms with Crippen LogP contribution in [0.3, 0.4) is 0 Å². The summed E-state index contributed by atoms with van der Waals surface area (Å²) in [4.78, 5) is 0. The molecule has 0 unspecified atom stereocenters. The van der Waals surface area contributed by atoms with E-state index in [9.17, 15) is 8.42 Å². The van der Waals surface area contributed by atoms with E-state index in [0.29, 0.717) is 6.54 Å². The lowest BCUT2D eigenvalue weighted by Gasteiger charge is -2.06. The Morgan fingerprint density at radius 1 is 1.29 bits per heavy atom. The maximum atomic E-state index is 11.5. The standard InChI is InChI=1S/C13H21NO2S/c1-3-4-10-17(15,16)14-9-8-13-7-5-6-12(2)11-13/h5-7,11,14H,3-4,8-10H2,1-2H3. The molecule has 1 rings (SSSR count). The van der Waals surface area contributed by atoms with E-state index < -0.39 is 10.0 Å². The van der Waals surface area contributed by atoms with Crippen LogP contribution in [0.2, 0.25) is 0 Å². The molecule has 0 fully saturated rings. The van der Waals surface area contributed by atoms with Crippen LogP contribution >= 0.6 is 0 Å². The van der Waals surface area contributed by atoms with Gasteiger partial charge < -0.3 is 0 Å². The Kier molecular flexibility index (Phi) is 5.65. The van der Waals surface area contributed by atoms with Crippen molar-refractivity contribution in [3.05, 3.63) is 35.4 Å². The summed E-state index contributed by atoms with van der Waals surface area (Å²) >= 11 is 0. The number of hydrogen-bond acceptors (Lipinski definition) is 2. The van der Waals surface area contributed by atoms with Crippen molar-refractivity contribution in [3.63, 3.8) is 0 Å². The molecule has 4 heteroatoms. The Balaban J connectivity index is 2.37. The van der Waals surface area contributed by atoms with Crippen LogP contribution in [0.1, 0.15) is 30.9 Å². The van der Waals surface area contributed by atoms with Crippen LogP contribution in [0, 0.1) is 6.92 Å². The van der Waals surface area contributed by atoms with E-state index in [0.717, 1.165) is 19.3 Å². The van der Waals surface area contributed by atoms with Gasteiger partial charge in [-0.25, -0.2) is 13.1 Å². The van der Waals surface area contributed by atoms with E-state index in [1.54, 1.807) is 0 Å². The van der Waals surface area contributed by atoms with Crippen LogP contribution in [0.15, 0.2) is 24.3 Å². The largest absolute Gasteiger partial charge is 0.215 e. The maximum Gasteiger partial charge on any atom is 0.211 e. The first-order valence-corrected chi connectivity index (χ1v) is 7.71. The van der Waals surface area contributed by atoms with Crippen LogP contribution in [0.5, 0.6) is 0 Å². The number of benzene rings is 1. The molecule has 0 bridgehead atoms. The fourth-order valence-corrected chi connectivity index (χ4v) is 2.85. The van der Waals surface area contributed by atoms with Crippen molar-refractivity contribution in [3.8, 4) is 0 Å². The zero-order chi connectivity index (χ0) is 12.7. The van der Waals surface area contributed by atoms with Gasteiger partial charge in [-0.2, -0.15) is 0 Å². The lowest BCUT2D eigenvalue weighted by Crippen LogP contribution is -2.28. The zero-order valence-electron chi connectivity index (χ0n) is 10.6. The monoisotopic (exact) mass is 255 g/mol. The SMILES string of the molecule is CCCCS(=O)(=O)NCCc1cccc(C)c1. The van der Waals surface area contributed by atoms with Crippen molar-refractivity contribution in [1.29, 1.82) is 0 Å². The highest BCUT2D eigenvalue weighted by atomic mass is 32.2. The molecule has 0 saturated heterocycles. The van der Waals surface area contributed by atoms with Gasteiger partial charge in [0.05, 0.1) is 5.75 Å². The average Bonchev–Trinajstić information content (AvgIpc) is 2.26. The first-order chi connectivity index (χ1) is 8.03. The molecule has 0 aliphatic rings. The maximum absolute atomic E-state index is 11.5. The Labute approximate surface area is 104 Å². The minimum absolute atomic E-state index is 0.233. The van der Waals surface area contributed by atoms with Gasteiger partial charge in [-0.05, 0) is 25.3 Å². The number of aryl methyl sites for hydroxylation is 1. The third-order valence-corrected chi connectivity index (χ3v) is 4.05. The lowest BCUT2D eigenvalue weighted by atomic mass is 10.1. The summed E-state index contributed by atoms with van der Waals surface area (Å²) in [5.41, 5.74) is 2.37. The van der Waals surface area contributed by atoms with Crippen LogP contribution in [-0.2, 0) is 16.4 Å². The molecule has 0 aliphatic carbocycles. The summed E-state index contributed by atoms with van der Waals surface area (Å²) < 4.78 is 25.7.